The van der Waals surface area contributed by atoms with Gasteiger partial charge in [-0.2, -0.15) is 0 Å². The lowest BCUT2D eigenvalue weighted by Gasteiger charge is -2.33. The maximum Gasteiger partial charge on any atom is 0.263 e. The Labute approximate surface area is 207 Å². The van der Waals surface area contributed by atoms with Gasteiger partial charge in [-0.25, -0.2) is 9.37 Å². The van der Waals surface area contributed by atoms with Gasteiger partial charge in [-0.05, 0) is 32.0 Å². The van der Waals surface area contributed by atoms with Crippen LogP contribution in [0.3, 0.4) is 0 Å². The predicted octanol–water partition coefficient (Wildman–Crippen LogP) is 3.91. The third-order valence-electron chi connectivity index (χ3n) is 6.72. The molecule has 3 aromatic rings. The van der Waals surface area contributed by atoms with Gasteiger partial charge >= 0.3 is 0 Å². The first-order chi connectivity index (χ1) is 17.3. The zero-order valence-corrected chi connectivity index (χ0v) is 20.0. The van der Waals surface area contributed by atoms with Crippen molar-refractivity contribution in [3.05, 3.63) is 59.4 Å². The molecule has 3 aliphatic rings. The monoisotopic (exact) mass is 491 g/mol. The number of piperazine rings is 1. The second kappa shape index (κ2) is 8.37. The van der Waals surface area contributed by atoms with E-state index in [1.54, 1.807) is 11.0 Å². The molecule has 1 atom stereocenters. The molecule has 186 valence electrons. The van der Waals surface area contributed by atoms with Gasteiger partial charge in [-0.15, -0.1) is 0 Å². The number of phenolic OH excluding ortho intramolecular Hbond substituents is 1. The summed E-state index contributed by atoms with van der Waals surface area (Å²) in [5.74, 6) is -0.0197. The summed E-state index contributed by atoms with van der Waals surface area (Å²) in [6, 6.07) is 10.9. The van der Waals surface area contributed by atoms with Crippen molar-refractivity contribution in [1.82, 2.24) is 15.2 Å². The minimum Gasteiger partial charge on any atom is -0.507 e. The summed E-state index contributed by atoms with van der Waals surface area (Å²) in [4.78, 5) is 20.0. The number of carbonyl (C=O) groups is 1. The Bertz CT molecular complexity index is 1360. The van der Waals surface area contributed by atoms with E-state index in [9.17, 15) is 14.3 Å². The fraction of sp³-hybridized carbons (Fsp3) is 0.333. The van der Waals surface area contributed by atoms with Crippen LogP contribution in [0, 0.1) is 5.82 Å². The number of halogens is 1. The van der Waals surface area contributed by atoms with E-state index in [0.717, 1.165) is 5.56 Å². The molecule has 36 heavy (non-hydrogen) atoms. The maximum absolute atomic E-state index is 14.8. The van der Waals surface area contributed by atoms with Crippen molar-refractivity contribution >= 4 is 5.91 Å². The van der Waals surface area contributed by atoms with Gasteiger partial charge in [0.1, 0.15) is 35.1 Å². The molecule has 0 bridgehead atoms. The van der Waals surface area contributed by atoms with Crippen molar-refractivity contribution in [2.75, 3.05) is 26.2 Å². The molecule has 0 spiro atoms. The Morgan fingerprint density at radius 1 is 1.22 bits per heavy atom. The van der Waals surface area contributed by atoms with Crippen molar-refractivity contribution in [3.63, 3.8) is 0 Å². The molecule has 1 amide bonds. The van der Waals surface area contributed by atoms with E-state index in [1.165, 1.54) is 24.3 Å². The second-order valence-corrected chi connectivity index (χ2v) is 9.87. The molecular formula is C27H26FN3O5. The molecule has 1 aromatic heterocycles. The van der Waals surface area contributed by atoms with Crippen LogP contribution in [0.4, 0.5) is 4.39 Å². The highest BCUT2D eigenvalue weighted by Gasteiger charge is 2.38. The molecule has 6 rings (SSSR count). The van der Waals surface area contributed by atoms with Crippen molar-refractivity contribution in [2.24, 2.45) is 0 Å². The molecule has 0 saturated carbocycles. The topological polar surface area (TPSA) is 93.2 Å². The highest BCUT2D eigenvalue weighted by Crippen LogP contribution is 2.46. The number of carbonyl (C=O) groups excluding carboxylic acids is 1. The van der Waals surface area contributed by atoms with E-state index in [-0.39, 0.29) is 52.8 Å². The van der Waals surface area contributed by atoms with Crippen LogP contribution < -0.4 is 19.5 Å². The Morgan fingerprint density at radius 3 is 2.89 bits per heavy atom. The minimum absolute atomic E-state index is 0.0314. The quantitative estimate of drug-likeness (QED) is 0.574. The SMILES string of the molecule is CC1(C)Cc2cccc(Oc3nc(-c4c(O)cccc4F)cc4c3C(=O)N3CCNCC3CO4)c2O1. The zero-order valence-electron chi connectivity index (χ0n) is 20.0. The largest absolute Gasteiger partial charge is 0.507 e. The molecule has 0 radical (unpaired) electrons. The van der Waals surface area contributed by atoms with Crippen molar-refractivity contribution in [3.8, 4) is 40.1 Å². The third-order valence-corrected chi connectivity index (χ3v) is 6.72. The normalized spacial score (nSPS) is 19.9. The number of amides is 1. The van der Waals surface area contributed by atoms with E-state index >= 15 is 0 Å². The van der Waals surface area contributed by atoms with Crippen LogP contribution in [0.2, 0.25) is 0 Å². The van der Waals surface area contributed by atoms with Gasteiger partial charge in [0.05, 0.1) is 17.3 Å². The number of hydrogen-bond acceptors (Lipinski definition) is 7. The average Bonchev–Trinajstić information content (AvgIpc) is 3.09. The van der Waals surface area contributed by atoms with Gasteiger partial charge in [-0.3, -0.25) is 4.79 Å². The van der Waals surface area contributed by atoms with Gasteiger partial charge in [0.2, 0.25) is 5.88 Å². The Morgan fingerprint density at radius 2 is 2.06 bits per heavy atom. The first kappa shape index (κ1) is 22.6. The Balaban J connectivity index is 1.52. The van der Waals surface area contributed by atoms with Crippen molar-refractivity contribution in [2.45, 2.75) is 31.9 Å². The van der Waals surface area contributed by atoms with Gasteiger partial charge in [-0.1, -0.05) is 18.2 Å². The third kappa shape index (κ3) is 3.80. The van der Waals surface area contributed by atoms with Gasteiger partial charge in [0, 0.05) is 37.7 Å². The van der Waals surface area contributed by atoms with Gasteiger partial charge in [0.15, 0.2) is 11.5 Å². The molecular weight excluding hydrogens is 465 g/mol. The van der Waals surface area contributed by atoms with E-state index in [4.69, 9.17) is 14.2 Å². The van der Waals surface area contributed by atoms with Crippen LogP contribution in [0.15, 0.2) is 42.5 Å². The molecule has 1 unspecified atom stereocenters. The van der Waals surface area contributed by atoms with Crippen LogP contribution >= 0.6 is 0 Å². The Hall–Kier alpha value is -3.85. The fourth-order valence-corrected chi connectivity index (χ4v) is 5.06. The maximum atomic E-state index is 14.8. The van der Waals surface area contributed by atoms with Gasteiger partial charge < -0.3 is 29.5 Å². The second-order valence-electron chi connectivity index (χ2n) is 9.87. The van der Waals surface area contributed by atoms with E-state index < -0.39 is 11.4 Å². The first-order valence-corrected chi connectivity index (χ1v) is 12.0. The first-order valence-electron chi connectivity index (χ1n) is 12.0. The summed E-state index contributed by atoms with van der Waals surface area (Å²) >= 11 is 0. The molecule has 8 nitrogen and oxygen atoms in total. The number of nitrogens with zero attached hydrogens (tertiary/aromatic N) is 2. The summed E-state index contributed by atoms with van der Waals surface area (Å²) in [6.45, 7) is 6.02. The van der Waals surface area contributed by atoms with Gasteiger partial charge in [0.25, 0.3) is 5.91 Å². The highest BCUT2D eigenvalue weighted by atomic mass is 19.1. The number of nitrogens with one attached hydrogen (secondary N) is 1. The Kier molecular flexibility index (Phi) is 5.26. The van der Waals surface area contributed by atoms with Crippen LogP contribution in [0.5, 0.6) is 28.9 Å². The minimum atomic E-state index is -0.652. The lowest BCUT2D eigenvalue weighted by atomic mass is 10.0. The summed E-state index contributed by atoms with van der Waals surface area (Å²) in [6.07, 6.45) is 0.707. The number of pyridine rings is 1. The van der Waals surface area contributed by atoms with E-state index in [2.05, 4.69) is 10.3 Å². The highest BCUT2D eigenvalue weighted by molar-refractivity contribution is 6.00. The average molecular weight is 492 g/mol. The number of phenols is 1. The molecule has 2 aromatic carbocycles. The van der Waals surface area contributed by atoms with Crippen molar-refractivity contribution in [1.29, 1.82) is 0 Å². The number of ether oxygens (including phenoxy) is 3. The van der Waals surface area contributed by atoms with Crippen molar-refractivity contribution < 1.29 is 28.5 Å². The molecule has 3 aliphatic heterocycles. The zero-order chi connectivity index (χ0) is 25.0. The molecule has 0 aliphatic carbocycles. The summed E-state index contributed by atoms with van der Waals surface area (Å²) < 4.78 is 33.3. The number of aromatic hydroxyl groups is 1. The lowest BCUT2D eigenvalue weighted by molar-refractivity contribution is 0.0604. The fourth-order valence-electron chi connectivity index (χ4n) is 5.06. The summed E-state index contributed by atoms with van der Waals surface area (Å²) in [7, 11) is 0. The number of hydrogen-bond donors (Lipinski definition) is 2. The lowest BCUT2D eigenvalue weighted by Crippen LogP contribution is -2.54. The molecule has 1 saturated heterocycles. The number of aromatic nitrogens is 1. The predicted molar refractivity (Wildman–Crippen MR) is 129 cm³/mol. The smallest absolute Gasteiger partial charge is 0.263 e. The molecule has 1 fully saturated rings. The van der Waals surface area contributed by atoms with E-state index in [0.29, 0.717) is 37.6 Å². The number of para-hydroxylation sites is 1. The van der Waals surface area contributed by atoms with Crippen LogP contribution in [0.1, 0.15) is 29.8 Å². The van der Waals surface area contributed by atoms with Crippen LogP contribution in [-0.2, 0) is 6.42 Å². The number of rotatable bonds is 3. The van der Waals surface area contributed by atoms with Crippen LogP contribution in [-0.4, -0.2) is 58.8 Å². The number of fused-ring (bicyclic) bond motifs is 3. The standard InChI is InChI=1S/C27H26FN3O5/c1-27(2)12-15-5-3-8-20(24(15)36-27)35-25-23-21(34-14-16-13-29-9-10-31(16)26(23)33)11-18(30-25)22-17(28)6-4-7-19(22)32/h3-8,11,16,29,32H,9-10,12-14H2,1-2H3. The van der Waals surface area contributed by atoms with E-state index in [1.807, 2.05) is 26.0 Å². The molecule has 9 heteroatoms. The molecule has 4 heterocycles. The molecule has 2 N–H and O–H groups in total. The summed E-state index contributed by atoms with van der Waals surface area (Å²) in [5, 5.41) is 13.7. The summed E-state index contributed by atoms with van der Waals surface area (Å²) in [5.41, 5.74) is 0.740. The number of benzene rings is 2. The van der Waals surface area contributed by atoms with Crippen LogP contribution in [0.25, 0.3) is 11.3 Å².